The van der Waals surface area contributed by atoms with Crippen molar-refractivity contribution in [2.24, 2.45) is 5.16 Å². The van der Waals surface area contributed by atoms with Gasteiger partial charge in [0.15, 0.2) is 0 Å². The second-order valence-corrected chi connectivity index (χ2v) is 7.09. The number of ether oxygens (including phenoxy) is 1. The molecule has 1 aliphatic rings. The van der Waals surface area contributed by atoms with Crippen LogP contribution >= 0.6 is 23.2 Å². The summed E-state index contributed by atoms with van der Waals surface area (Å²) in [6, 6.07) is 10.5. The summed E-state index contributed by atoms with van der Waals surface area (Å²) >= 11 is 12.1. The molecule has 142 valence electrons. The molecule has 0 aliphatic carbocycles. The van der Waals surface area contributed by atoms with Crippen molar-refractivity contribution < 1.29 is 23.9 Å². The van der Waals surface area contributed by atoms with Crippen LogP contribution < -0.4 is 0 Å². The number of aliphatic carboxylic acids is 1. The Morgan fingerprint density at radius 2 is 2.00 bits per heavy atom. The van der Waals surface area contributed by atoms with Crippen molar-refractivity contribution in [3.05, 3.63) is 69.5 Å². The molecule has 1 aliphatic heterocycles. The monoisotopic (exact) mass is 411 g/mol. The van der Waals surface area contributed by atoms with Gasteiger partial charge in [-0.25, -0.2) is 9.18 Å². The van der Waals surface area contributed by atoms with E-state index in [1.165, 1.54) is 12.1 Å². The zero-order chi connectivity index (χ0) is 19.6. The Morgan fingerprint density at radius 3 is 2.56 bits per heavy atom. The molecule has 0 aromatic heterocycles. The zero-order valence-corrected chi connectivity index (χ0v) is 15.8. The van der Waals surface area contributed by atoms with Crippen LogP contribution in [0.2, 0.25) is 10.0 Å². The molecule has 27 heavy (non-hydrogen) atoms. The Kier molecular flexibility index (Phi) is 5.69. The van der Waals surface area contributed by atoms with Gasteiger partial charge in [0.2, 0.25) is 0 Å². The predicted molar refractivity (Wildman–Crippen MR) is 99.6 cm³/mol. The van der Waals surface area contributed by atoms with Crippen molar-refractivity contribution in [3.63, 3.8) is 0 Å². The van der Waals surface area contributed by atoms with Gasteiger partial charge < -0.3 is 14.7 Å². The molecule has 2 aromatic carbocycles. The minimum Gasteiger partial charge on any atom is -0.478 e. The minimum atomic E-state index is -1.73. The van der Waals surface area contributed by atoms with E-state index in [1.807, 2.05) is 0 Å². The molecule has 2 aromatic rings. The molecule has 8 heteroatoms. The third-order valence-corrected chi connectivity index (χ3v) is 4.98. The molecule has 2 atom stereocenters. The topological polar surface area (TPSA) is 68.1 Å². The standard InChI is InChI=1S/C19H16Cl2FNO4/c1-11-9-19(18(24)25,27-23-11)17(13-4-7-15(20)16(21)8-13)26-10-12-2-5-14(22)6-3-12/h2-8,17H,9-10H2,1H3,(H,24,25). The van der Waals surface area contributed by atoms with E-state index in [9.17, 15) is 14.3 Å². The van der Waals surface area contributed by atoms with Crippen molar-refractivity contribution in [2.45, 2.75) is 31.7 Å². The SMILES string of the molecule is CC1=NOC(C(=O)O)(C(OCc2ccc(F)cc2)c2ccc(Cl)c(Cl)c2)C1. The second-order valence-electron chi connectivity index (χ2n) is 6.28. The molecule has 1 heterocycles. The summed E-state index contributed by atoms with van der Waals surface area (Å²) in [6.45, 7) is 1.72. The number of hydrogen-bond acceptors (Lipinski definition) is 4. The van der Waals surface area contributed by atoms with E-state index in [1.54, 1.807) is 37.3 Å². The second kappa shape index (κ2) is 7.84. The molecule has 0 bridgehead atoms. The summed E-state index contributed by atoms with van der Waals surface area (Å²) < 4.78 is 19.1. The lowest BCUT2D eigenvalue weighted by Gasteiger charge is -2.31. The van der Waals surface area contributed by atoms with Gasteiger partial charge in [-0.2, -0.15) is 0 Å². The Hall–Kier alpha value is -2.15. The molecule has 1 N–H and O–H groups in total. The van der Waals surface area contributed by atoms with E-state index >= 15 is 0 Å². The average molecular weight is 412 g/mol. The maximum absolute atomic E-state index is 13.1. The lowest BCUT2D eigenvalue weighted by Crippen LogP contribution is -2.46. The van der Waals surface area contributed by atoms with Crippen LogP contribution in [0.1, 0.15) is 30.6 Å². The van der Waals surface area contributed by atoms with Gasteiger partial charge >= 0.3 is 5.97 Å². The van der Waals surface area contributed by atoms with Gasteiger partial charge in [-0.1, -0.05) is 46.6 Å². The highest BCUT2D eigenvalue weighted by Crippen LogP contribution is 2.41. The molecular weight excluding hydrogens is 396 g/mol. The van der Waals surface area contributed by atoms with Crippen LogP contribution in [0.4, 0.5) is 4.39 Å². The summed E-state index contributed by atoms with van der Waals surface area (Å²) in [5, 5.41) is 14.3. The largest absolute Gasteiger partial charge is 0.478 e. The molecule has 5 nitrogen and oxygen atoms in total. The van der Waals surface area contributed by atoms with Gasteiger partial charge in [-0.3, -0.25) is 0 Å². The van der Waals surface area contributed by atoms with Crippen molar-refractivity contribution in [3.8, 4) is 0 Å². The molecule has 3 rings (SSSR count). The first-order valence-electron chi connectivity index (χ1n) is 8.08. The highest BCUT2D eigenvalue weighted by molar-refractivity contribution is 6.42. The summed E-state index contributed by atoms with van der Waals surface area (Å²) in [5.41, 5.74) is -0.0364. The number of benzene rings is 2. The predicted octanol–water partition coefficient (Wildman–Crippen LogP) is 5.01. The number of carboxylic acid groups (broad SMARTS) is 1. The number of hydrogen-bond donors (Lipinski definition) is 1. The van der Waals surface area contributed by atoms with Gasteiger partial charge in [0.1, 0.15) is 11.9 Å². The van der Waals surface area contributed by atoms with E-state index in [0.717, 1.165) is 0 Å². The fraction of sp³-hybridized carbons (Fsp3) is 0.263. The quantitative estimate of drug-likeness (QED) is 0.724. The summed E-state index contributed by atoms with van der Waals surface area (Å²) in [7, 11) is 0. The van der Waals surface area contributed by atoms with Crippen molar-refractivity contribution in [1.29, 1.82) is 0 Å². The minimum absolute atomic E-state index is 0.0443. The van der Waals surface area contributed by atoms with Crippen molar-refractivity contribution >= 4 is 34.9 Å². The number of nitrogens with zero attached hydrogens (tertiary/aromatic N) is 1. The van der Waals surface area contributed by atoms with Gasteiger partial charge in [0, 0.05) is 6.42 Å². The Morgan fingerprint density at radius 1 is 1.30 bits per heavy atom. The highest BCUT2D eigenvalue weighted by Gasteiger charge is 2.54. The Bertz CT molecular complexity index is 888. The lowest BCUT2D eigenvalue weighted by molar-refractivity contribution is -0.187. The Balaban J connectivity index is 1.96. The maximum Gasteiger partial charge on any atom is 0.354 e. The summed E-state index contributed by atoms with van der Waals surface area (Å²) in [6.07, 6.45) is -0.965. The molecule has 0 radical (unpaired) electrons. The zero-order valence-electron chi connectivity index (χ0n) is 14.3. The fourth-order valence-corrected chi connectivity index (χ4v) is 3.21. The van der Waals surface area contributed by atoms with Crippen molar-refractivity contribution in [1.82, 2.24) is 0 Å². The van der Waals surface area contributed by atoms with E-state index in [0.29, 0.717) is 21.9 Å². The number of halogens is 3. The molecule has 2 unspecified atom stereocenters. The lowest BCUT2D eigenvalue weighted by atomic mass is 9.86. The third-order valence-electron chi connectivity index (χ3n) is 4.24. The van der Waals surface area contributed by atoms with Gasteiger partial charge in [0.25, 0.3) is 5.60 Å². The van der Waals surface area contributed by atoms with E-state index < -0.39 is 17.7 Å². The first kappa shape index (κ1) is 19.6. The van der Waals surface area contributed by atoms with Crippen LogP contribution in [0.3, 0.4) is 0 Å². The molecule has 0 fully saturated rings. The van der Waals surface area contributed by atoms with Crippen LogP contribution in [0.25, 0.3) is 0 Å². The average Bonchev–Trinajstić information content (AvgIpc) is 3.03. The molecular formula is C19H16Cl2FNO4. The summed E-state index contributed by atoms with van der Waals surface area (Å²) in [4.78, 5) is 17.4. The fourth-order valence-electron chi connectivity index (χ4n) is 2.91. The number of carbonyl (C=O) groups is 1. The number of rotatable bonds is 6. The molecule has 0 saturated heterocycles. The van der Waals surface area contributed by atoms with Crippen LogP contribution in [0, 0.1) is 5.82 Å². The van der Waals surface area contributed by atoms with E-state index in [2.05, 4.69) is 5.16 Å². The molecule has 0 saturated carbocycles. The molecule has 0 amide bonds. The van der Waals surface area contributed by atoms with Gasteiger partial charge in [-0.05, 0) is 42.3 Å². The first-order valence-corrected chi connectivity index (χ1v) is 8.83. The Labute approximate surface area is 165 Å². The van der Waals surface area contributed by atoms with Gasteiger partial charge in [0.05, 0.1) is 22.4 Å². The van der Waals surface area contributed by atoms with Gasteiger partial charge in [-0.15, -0.1) is 0 Å². The van der Waals surface area contributed by atoms with Crippen molar-refractivity contribution in [2.75, 3.05) is 0 Å². The van der Waals surface area contributed by atoms with Crippen LogP contribution in [-0.4, -0.2) is 22.4 Å². The first-order chi connectivity index (χ1) is 12.8. The summed E-state index contributed by atoms with van der Waals surface area (Å²) in [5.74, 6) is -1.58. The smallest absolute Gasteiger partial charge is 0.354 e. The highest BCUT2D eigenvalue weighted by atomic mass is 35.5. The van der Waals surface area contributed by atoms with E-state index in [-0.39, 0.29) is 23.9 Å². The third kappa shape index (κ3) is 4.08. The maximum atomic E-state index is 13.1. The number of carboxylic acids is 1. The number of oxime groups is 1. The normalized spacial score (nSPS) is 20.1. The molecule has 0 spiro atoms. The van der Waals surface area contributed by atoms with Crippen LogP contribution in [0.5, 0.6) is 0 Å². The van der Waals surface area contributed by atoms with E-state index in [4.69, 9.17) is 32.8 Å². The van der Waals surface area contributed by atoms with Crippen LogP contribution in [-0.2, 0) is 21.0 Å². The van der Waals surface area contributed by atoms with Crippen LogP contribution in [0.15, 0.2) is 47.6 Å².